The number of aryl methyl sites for hydroxylation is 1. The van der Waals surface area contributed by atoms with Crippen LogP contribution in [0.2, 0.25) is 0 Å². The van der Waals surface area contributed by atoms with E-state index in [1.54, 1.807) is 0 Å². The van der Waals surface area contributed by atoms with Gasteiger partial charge in [-0.3, -0.25) is 14.4 Å². The molecule has 0 spiro atoms. The largest absolute Gasteiger partial charge is 0.390 e. The highest BCUT2D eigenvalue weighted by Gasteiger charge is 2.31. The zero-order chi connectivity index (χ0) is 17.8. The first-order valence-electron chi connectivity index (χ1n) is 8.96. The first-order valence-corrected chi connectivity index (χ1v) is 8.96. The average molecular weight is 342 g/mol. The van der Waals surface area contributed by atoms with Gasteiger partial charge in [-0.05, 0) is 25.5 Å². The van der Waals surface area contributed by atoms with Crippen molar-refractivity contribution in [3.05, 3.63) is 47.3 Å². The number of amides is 1. The first-order chi connectivity index (χ1) is 12.2. The number of benzene rings is 1. The minimum Gasteiger partial charge on any atom is -0.390 e. The smallest absolute Gasteiger partial charge is 0.241 e. The minimum atomic E-state index is -0.190. The van der Waals surface area contributed by atoms with Crippen molar-refractivity contribution >= 4 is 11.6 Å². The Morgan fingerprint density at radius 1 is 1.32 bits per heavy atom. The van der Waals surface area contributed by atoms with E-state index in [-0.39, 0.29) is 18.6 Å². The third-order valence-electron chi connectivity index (χ3n) is 4.87. The number of hydrogen-bond donors (Lipinski definition) is 2. The van der Waals surface area contributed by atoms with Gasteiger partial charge in [0.05, 0.1) is 18.3 Å². The molecule has 25 heavy (non-hydrogen) atoms. The maximum Gasteiger partial charge on any atom is 0.241 e. The molecule has 1 aliphatic heterocycles. The van der Waals surface area contributed by atoms with Crippen molar-refractivity contribution in [1.29, 1.82) is 0 Å². The molecule has 6 nitrogen and oxygen atoms in total. The van der Waals surface area contributed by atoms with Gasteiger partial charge in [0.15, 0.2) is 0 Å². The van der Waals surface area contributed by atoms with Crippen LogP contribution in [0, 0.1) is 0 Å². The van der Waals surface area contributed by atoms with Crippen LogP contribution in [0.25, 0.3) is 0 Å². The second-order valence-electron chi connectivity index (χ2n) is 6.35. The zero-order valence-corrected chi connectivity index (χ0v) is 14.9. The van der Waals surface area contributed by atoms with Crippen molar-refractivity contribution < 1.29 is 9.90 Å². The highest BCUT2D eigenvalue weighted by molar-refractivity contribution is 5.94. The van der Waals surface area contributed by atoms with E-state index in [9.17, 15) is 9.90 Å². The van der Waals surface area contributed by atoms with E-state index in [0.717, 1.165) is 42.9 Å². The molecule has 0 fully saturated rings. The van der Waals surface area contributed by atoms with E-state index < -0.39 is 0 Å². The molecule has 2 heterocycles. The average Bonchev–Trinajstić information content (AvgIpc) is 3.00. The van der Waals surface area contributed by atoms with Gasteiger partial charge in [-0.15, -0.1) is 0 Å². The summed E-state index contributed by atoms with van der Waals surface area (Å²) >= 11 is 0. The Kier molecular flexibility index (Phi) is 5.50. The number of carbonyl (C=O) groups is 1. The van der Waals surface area contributed by atoms with Crippen LogP contribution in [0.4, 0.5) is 5.69 Å². The highest BCUT2D eigenvalue weighted by atomic mass is 16.3. The number of carbonyl (C=O) groups excluding carboxylic acids is 1. The van der Waals surface area contributed by atoms with Gasteiger partial charge in [-0.25, -0.2) is 0 Å². The maximum atomic E-state index is 12.7. The summed E-state index contributed by atoms with van der Waals surface area (Å²) in [7, 11) is 0. The van der Waals surface area contributed by atoms with Crippen molar-refractivity contribution in [2.45, 2.75) is 52.4 Å². The molecule has 0 radical (unpaired) electrons. The molecule has 2 N–H and O–H groups in total. The quantitative estimate of drug-likeness (QED) is 0.844. The van der Waals surface area contributed by atoms with E-state index in [4.69, 9.17) is 0 Å². The van der Waals surface area contributed by atoms with Crippen LogP contribution < -0.4 is 5.32 Å². The predicted octanol–water partition coefficient (Wildman–Crippen LogP) is 2.17. The van der Waals surface area contributed by atoms with E-state index in [1.165, 1.54) is 5.69 Å². The normalized spacial score (nSPS) is 15.6. The lowest BCUT2D eigenvalue weighted by atomic mass is 10.0. The Bertz CT molecular complexity index is 727. The topological polar surface area (TPSA) is 70.4 Å². The molecule has 1 atom stereocenters. The number of nitrogens with zero attached hydrogens (tertiary/aromatic N) is 3. The lowest BCUT2D eigenvalue weighted by Crippen LogP contribution is -2.46. The SMILES string of the molecule is CCC(C(=O)Nc1ccccc1)N1CCc2c(c(CO)nn2CC)C1. The number of fused-ring (bicyclic) bond motifs is 1. The molecule has 0 saturated carbocycles. The number of rotatable bonds is 6. The first kappa shape index (κ1) is 17.6. The van der Waals surface area contributed by atoms with Gasteiger partial charge in [0, 0.05) is 43.0 Å². The molecule has 0 aliphatic carbocycles. The standard InChI is InChI=1S/C19H26N4O2/c1-3-17(19(25)20-14-8-6-5-7-9-14)22-11-10-18-15(12-22)16(13-24)21-23(18)4-2/h5-9,17,24H,3-4,10-13H2,1-2H3,(H,20,25). The van der Waals surface area contributed by atoms with Crippen LogP contribution in [-0.4, -0.2) is 38.3 Å². The molecule has 1 amide bonds. The lowest BCUT2D eigenvalue weighted by Gasteiger charge is -2.33. The number of nitrogens with one attached hydrogen (secondary N) is 1. The molecule has 3 rings (SSSR count). The van der Waals surface area contributed by atoms with E-state index in [2.05, 4.69) is 22.2 Å². The minimum absolute atomic E-state index is 0.0191. The summed E-state index contributed by atoms with van der Waals surface area (Å²) in [6, 6.07) is 9.36. The third kappa shape index (κ3) is 3.60. The molecule has 1 aromatic carbocycles. The van der Waals surface area contributed by atoms with Crippen molar-refractivity contribution in [2.75, 3.05) is 11.9 Å². The Balaban J connectivity index is 1.77. The number of aliphatic hydroxyl groups is 1. The molecule has 1 aromatic heterocycles. The van der Waals surface area contributed by atoms with Crippen LogP contribution in [0.1, 0.15) is 37.2 Å². The van der Waals surface area contributed by atoms with Crippen LogP contribution in [0.15, 0.2) is 30.3 Å². The summed E-state index contributed by atoms with van der Waals surface area (Å²) in [6.07, 6.45) is 1.59. The lowest BCUT2D eigenvalue weighted by molar-refractivity contribution is -0.121. The maximum absolute atomic E-state index is 12.7. The van der Waals surface area contributed by atoms with E-state index in [0.29, 0.717) is 6.54 Å². The number of aromatic nitrogens is 2. The fraction of sp³-hybridized carbons (Fsp3) is 0.474. The number of hydrogen-bond acceptors (Lipinski definition) is 4. The van der Waals surface area contributed by atoms with Crippen LogP contribution in [0.5, 0.6) is 0 Å². The van der Waals surface area contributed by atoms with Gasteiger partial charge in [0.1, 0.15) is 0 Å². The van der Waals surface area contributed by atoms with Crippen LogP contribution >= 0.6 is 0 Å². The fourth-order valence-electron chi connectivity index (χ4n) is 3.59. The molecule has 6 heteroatoms. The number of para-hydroxylation sites is 1. The predicted molar refractivity (Wildman–Crippen MR) is 97.1 cm³/mol. The van der Waals surface area contributed by atoms with Gasteiger partial charge in [0.2, 0.25) is 5.91 Å². The van der Waals surface area contributed by atoms with Crippen LogP contribution in [-0.2, 0) is 30.9 Å². The second-order valence-corrected chi connectivity index (χ2v) is 6.35. The van der Waals surface area contributed by atoms with Crippen molar-refractivity contribution in [2.24, 2.45) is 0 Å². The van der Waals surface area contributed by atoms with Gasteiger partial charge in [0.25, 0.3) is 0 Å². The molecular weight excluding hydrogens is 316 g/mol. The summed E-state index contributed by atoms with van der Waals surface area (Å²) in [5.41, 5.74) is 3.83. The van der Waals surface area contributed by atoms with E-state index >= 15 is 0 Å². The van der Waals surface area contributed by atoms with Crippen LogP contribution in [0.3, 0.4) is 0 Å². The van der Waals surface area contributed by atoms with Gasteiger partial charge >= 0.3 is 0 Å². The molecule has 1 aliphatic rings. The summed E-state index contributed by atoms with van der Waals surface area (Å²) in [6.45, 7) is 6.32. The van der Waals surface area contributed by atoms with E-state index in [1.807, 2.05) is 41.9 Å². The Morgan fingerprint density at radius 2 is 2.08 bits per heavy atom. The molecule has 2 aromatic rings. The number of aliphatic hydroxyl groups excluding tert-OH is 1. The third-order valence-corrected chi connectivity index (χ3v) is 4.87. The molecular formula is C19H26N4O2. The number of anilines is 1. The summed E-state index contributed by atoms with van der Waals surface area (Å²) < 4.78 is 1.98. The summed E-state index contributed by atoms with van der Waals surface area (Å²) in [5.74, 6) is 0.0191. The summed E-state index contributed by atoms with van der Waals surface area (Å²) in [4.78, 5) is 14.9. The van der Waals surface area contributed by atoms with Crippen molar-refractivity contribution in [1.82, 2.24) is 14.7 Å². The van der Waals surface area contributed by atoms with Gasteiger partial charge < -0.3 is 10.4 Å². The second kappa shape index (κ2) is 7.80. The summed E-state index contributed by atoms with van der Waals surface area (Å²) in [5, 5.41) is 17.1. The Hall–Kier alpha value is -2.18. The highest BCUT2D eigenvalue weighted by Crippen LogP contribution is 2.25. The molecule has 0 bridgehead atoms. The monoisotopic (exact) mass is 342 g/mol. The molecule has 134 valence electrons. The van der Waals surface area contributed by atoms with Gasteiger partial charge in [-0.2, -0.15) is 5.10 Å². The molecule has 1 unspecified atom stereocenters. The Labute approximate surface area is 148 Å². The van der Waals surface area contributed by atoms with Crippen molar-refractivity contribution in [3.63, 3.8) is 0 Å². The Morgan fingerprint density at radius 3 is 2.72 bits per heavy atom. The van der Waals surface area contributed by atoms with Crippen molar-refractivity contribution in [3.8, 4) is 0 Å². The van der Waals surface area contributed by atoms with Gasteiger partial charge in [-0.1, -0.05) is 25.1 Å². The fourth-order valence-corrected chi connectivity index (χ4v) is 3.59. The zero-order valence-electron chi connectivity index (χ0n) is 14.9. The molecule has 0 saturated heterocycles.